The van der Waals surface area contributed by atoms with Crippen LogP contribution in [-0.2, 0) is 33.5 Å². The Balaban J connectivity index is 0.00000176. The van der Waals surface area contributed by atoms with Gasteiger partial charge >= 0.3 is 119 Å². The number of carbonyl (C=O) groups excluding carboxylic acids is 6. The summed E-state index contributed by atoms with van der Waals surface area (Å²) < 4.78 is 61.4. The van der Waals surface area contributed by atoms with Gasteiger partial charge in [-0.1, -0.05) is 250 Å². The first-order chi connectivity index (χ1) is 67.8. The first-order valence-electron chi connectivity index (χ1n) is 48.9. The van der Waals surface area contributed by atoms with Crippen molar-refractivity contribution in [3.05, 3.63) is 199 Å². The molecule has 0 aromatic carbocycles. The summed E-state index contributed by atoms with van der Waals surface area (Å²) in [5.74, 6) is 3.21. The van der Waals surface area contributed by atoms with Crippen molar-refractivity contribution in [1.82, 2.24) is 19.6 Å². The number of carbonyl (C=O) groups is 6. The quantitative estimate of drug-likeness (QED) is 0.0139. The molecule has 0 bridgehead atoms. The van der Waals surface area contributed by atoms with Crippen molar-refractivity contribution >= 4 is 184 Å². The fourth-order valence-corrected chi connectivity index (χ4v) is 16.2. The molecule has 0 saturated carbocycles. The van der Waals surface area contributed by atoms with Gasteiger partial charge < -0.3 is 80.8 Å². The summed E-state index contributed by atoms with van der Waals surface area (Å²) >= 11 is 27.9. The van der Waals surface area contributed by atoms with Crippen LogP contribution < -0.4 is 104 Å². The van der Waals surface area contributed by atoms with E-state index in [1.807, 2.05) is 56.3 Å². The number of hydrogen-bond acceptors (Lipinski definition) is 24. The molecule has 0 fully saturated rings. The number of aliphatic imine (C=N–C) groups is 2. The summed E-state index contributed by atoms with van der Waals surface area (Å²) in [5.41, 5.74) is 3.76. The van der Waals surface area contributed by atoms with Crippen LogP contribution in [0.4, 0.5) is 4.39 Å². The Bertz CT molecular complexity index is 4980. The van der Waals surface area contributed by atoms with Crippen LogP contribution in [-0.4, -0.2) is 153 Å². The van der Waals surface area contributed by atoms with Crippen LogP contribution in [0.3, 0.4) is 0 Å². The van der Waals surface area contributed by atoms with Gasteiger partial charge in [0.25, 0.3) is 23.6 Å². The van der Waals surface area contributed by atoms with Crippen LogP contribution in [0.1, 0.15) is 307 Å². The van der Waals surface area contributed by atoms with E-state index in [1.165, 1.54) is 56.9 Å². The molecule has 144 heavy (non-hydrogen) atoms. The number of aliphatic hydroxyl groups excluding tert-OH is 1. The molecular weight excluding hydrogens is 2150 g/mol. The van der Waals surface area contributed by atoms with Gasteiger partial charge in [0.1, 0.15) is 46.9 Å². The minimum Gasteiger partial charge on any atom is -0.858 e. The average Bonchev–Trinajstić information content (AvgIpc) is 1.55. The number of aliphatic hydroxyl groups is 2. The fourth-order valence-electron chi connectivity index (χ4n) is 14.8. The van der Waals surface area contributed by atoms with Crippen LogP contribution in [0.15, 0.2) is 204 Å². The molecule has 39 heteroatoms. The van der Waals surface area contributed by atoms with E-state index in [2.05, 4.69) is 161 Å². The Morgan fingerprint density at radius 3 is 0.993 bits per heavy atom. The fraction of sp³-hybridized carbons (Fsp3) is 0.533. The monoisotopic (exact) mass is 2290 g/mol. The number of ketones is 1. The van der Waals surface area contributed by atoms with Crippen LogP contribution >= 0.6 is 95.4 Å². The Morgan fingerprint density at radius 1 is 0.521 bits per heavy atom. The van der Waals surface area contributed by atoms with Gasteiger partial charge in [-0.2, -0.15) is 5.26 Å². The van der Waals surface area contributed by atoms with Gasteiger partial charge in [-0.25, -0.2) is 0 Å². The van der Waals surface area contributed by atoms with Crippen molar-refractivity contribution in [3.8, 4) is 6.07 Å². The number of alkyl halides is 5. The number of nitriles is 1. The minimum atomic E-state index is -1.00. The summed E-state index contributed by atoms with van der Waals surface area (Å²) in [6.45, 7) is 34.5. The maximum Gasteiger partial charge on any atom is 1.00 e. The third-order valence-electron chi connectivity index (χ3n) is 23.6. The third kappa shape index (κ3) is 44.6. The Kier molecular flexibility index (Phi) is 70.9. The molecule has 7 aromatic rings. The van der Waals surface area contributed by atoms with Gasteiger partial charge in [0.05, 0.1) is 81.3 Å². The molecule has 27 nitrogen and oxygen atoms in total. The zero-order valence-corrected chi connectivity index (χ0v) is 101. The molecule has 4 amide bonds. The van der Waals surface area contributed by atoms with E-state index in [-0.39, 0.29) is 153 Å². The largest absolute Gasteiger partial charge is 1.00 e. The Labute approximate surface area is 965 Å². The van der Waals surface area contributed by atoms with E-state index in [9.17, 15) is 48.5 Å². The summed E-state index contributed by atoms with van der Waals surface area (Å²) in [7, 11) is 4.59. The van der Waals surface area contributed by atoms with Gasteiger partial charge in [-0.05, 0) is 211 Å². The van der Waals surface area contributed by atoms with E-state index in [0.29, 0.717) is 151 Å². The number of esters is 1. The average molecular weight is 2300 g/mol. The van der Waals surface area contributed by atoms with Crippen molar-refractivity contribution in [2.75, 3.05) is 52.4 Å². The van der Waals surface area contributed by atoms with E-state index >= 15 is 0 Å². The van der Waals surface area contributed by atoms with Crippen molar-refractivity contribution in [2.45, 2.75) is 280 Å². The molecule has 777 valence electrons. The van der Waals surface area contributed by atoms with Crippen molar-refractivity contribution in [2.24, 2.45) is 43.9 Å². The van der Waals surface area contributed by atoms with E-state index in [0.717, 1.165) is 115 Å². The summed E-state index contributed by atoms with van der Waals surface area (Å²) in [6.07, 6.45) is 31.6. The molecular formula is C105H142BBr3Cl3FN8Na3O19S. The second-order valence-corrected chi connectivity index (χ2v) is 39.1. The second kappa shape index (κ2) is 75.0. The molecule has 0 spiro atoms. The molecule has 6 aliphatic rings. The van der Waals surface area contributed by atoms with Crippen LogP contribution in [0, 0.1) is 40.9 Å². The van der Waals surface area contributed by atoms with Gasteiger partial charge in [-0.15, -0.1) is 5.60 Å². The zero-order chi connectivity index (χ0) is 106. The number of Topliss-reactive ketones (excluding diaryl/α,β-unsaturated/α-hetero) is 1. The number of ether oxygens (including phenoxy) is 1. The standard InChI is InChI=1S/C30H38Br2N2O4.C30H40N2O4.C14H8N2O4.C8H17Br.C6H10O4.C5H3NO.C5H12O.C5H11O.CHCl3.CH3F.BHNS.3Na/c1-5-9-11-19(7-3)17-33-27(21-13-15-23(31)37-21)25-26(29(33)35)28(22-14-16-24(32)38-22)34(30(25)36)18-20(8-4)12-10-6-2;1-5-9-13-21(7-3)19-31-27(23-15-11-17-35-23)25-26(29(31)33)28(24-16-12-18-36-24)32(30(25)34)20-22(8-4)14-10-6-2;17-13-9-10(12(16-13)8-4-2-6-20-8)14(18)15-11(9)7-3-1-5-19-7;1-3-5-6-8(4-2)7-9;1-10-6(9)3-2-5(8)4-7;6-4-5-2-1-3-7-5;2*1-4-5(2,3)6;2-1(3)4;1-2;1-2-3;;;/h13-16,19-20H,5-12,17-18H2,1-4H3;11-12,15-18,21-22H,5-10,13-14,19-20H2,1-4H3;1-6H,(H,15,18)(H,16,17);8H,3-7H2,1-2H3;7H,2-4H2,1H3;1-3H;6H,4H2,1-3H3;4H2,1-3H3;1H;1H3;3H;;;/q;;;;;;;-1;;;;3*+1/p-2/i;;;;;;;;;1D;;;;. The number of hydrogen-bond donors (Lipinski definition) is 3. The number of thiol groups is 1. The van der Waals surface area contributed by atoms with Crippen LogP contribution in [0.5, 0.6) is 0 Å². The molecule has 5 unspecified atom stereocenters. The Morgan fingerprint density at radius 2 is 0.792 bits per heavy atom. The van der Waals surface area contributed by atoms with Crippen LogP contribution in [0.25, 0.3) is 34.2 Å². The molecule has 5 atom stereocenters. The minimum absolute atomic E-state index is 0. The molecule has 0 saturated heterocycles. The maximum atomic E-state index is 14.3. The molecule has 7 aromatic heterocycles. The van der Waals surface area contributed by atoms with E-state index in [4.69, 9.17) is 78.2 Å². The van der Waals surface area contributed by atoms with Crippen molar-refractivity contribution < 1.29 is 184 Å². The third-order valence-corrected chi connectivity index (χ3v) is 25.4. The molecule has 13 heterocycles. The van der Waals surface area contributed by atoms with Gasteiger partial charge in [0, 0.05) is 49.1 Å². The number of furan rings is 7. The smallest absolute Gasteiger partial charge is 0.858 e. The molecule has 13 rings (SSSR count). The number of amides is 4. The molecule has 1 radical (unpaired) electrons. The first-order valence-corrected chi connectivity index (χ1v) is 52.6. The number of nitrogens with zero attached hydrogens (tertiary/aromatic N) is 8. The van der Waals surface area contributed by atoms with Gasteiger partial charge in [-0.3, -0.25) is 43.1 Å². The first kappa shape index (κ1) is 136. The number of rotatable bonds is 41. The number of halogens is 7. The molecule has 0 aliphatic carbocycles. The number of methoxy groups -OCH3 is 1. The second-order valence-electron chi connectivity index (χ2n) is 34.7. The summed E-state index contributed by atoms with van der Waals surface area (Å²) in [6, 6.07) is 26.3. The van der Waals surface area contributed by atoms with E-state index in [1.54, 1.807) is 108 Å². The SMILES string of the molecule is CCC(C)(C)O.CCC(C)(C)[O-].CCCCC(CC)CBr.CCCCC(CC)CN1C(=O)C2=C(c3ccc(Br)o3)N(CC(CC)CCCC)C(=O)C2=C1c1ccc(Br)o1.CCCCC(CC)CN1C(=O)C2=C(c3ccco3)N(CC(CC)CCCC)C(=O)C2=C1c1ccco1.COC(=O)CCC(=O)CO.ClC(Cl)Cl.N#Cc1ccco1.[2H]CF.[B]=NS.[Na+].[Na+].[Na+].[O-]C1=NC(c2ccco2)=C2C([O-])=NC(c3ccco3)=C12. The number of unbranched alkanes of at least 4 members (excludes halogenated alkanes) is 5. The van der Waals surface area contributed by atoms with E-state index < -0.39 is 47.0 Å². The predicted octanol–water partition coefficient (Wildman–Crippen LogP) is 16.0. The van der Waals surface area contributed by atoms with Gasteiger partial charge in [0.15, 0.2) is 54.0 Å². The topological polar surface area (TPSA) is 387 Å². The molecule has 6 aliphatic heterocycles. The maximum absolute atomic E-state index is 14.3. The molecule has 2 N–H and O–H groups in total. The van der Waals surface area contributed by atoms with Crippen LogP contribution in [0.2, 0.25) is 0 Å². The normalized spacial score (nSPS) is 14.7. The summed E-state index contributed by atoms with van der Waals surface area (Å²) in [5, 5.41) is 60.9. The van der Waals surface area contributed by atoms with Crippen molar-refractivity contribution in [3.63, 3.8) is 0 Å². The predicted molar refractivity (Wildman–Crippen MR) is 564 cm³/mol. The van der Waals surface area contributed by atoms with Crippen molar-refractivity contribution in [1.29, 1.82) is 5.26 Å². The zero-order valence-electron chi connectivity index (χ0n) is 88.4. The number of fused-ring (bicyclic) bond motifs is 3. The Hall–Kier alpha value is -5.82. The van der Waals surface area contributed by atoms with Gasteiger partial charge in [0.2, 0.25) is 5.76 Å². The summed E-state index contributed by atoms with van der Waals surface area (Å²) in [4.78, 5) is 92.4.